The van der Waals surface area contributed by atoms with Gasteiger partial charge in [-0.25, -0.2) is 0 Å². The monoisotopic (exact) mass is 265 g/mol. The van der Waals surface area contributed by atoms with E-state index in [1.54, 1.807) is 0 Å². The number of nitrogens with two attached hydrogens (primary N) is 1. The van der Waals surface area contributed by atoms with E-state index in [2.05, 4.69) is 39.0 Å². The molecule has 1 saturated heterocycles. The Balaban J connectivity index is 2.13. The number of rotatable bonds is 3. The molecule has 1 aromatic rings. The molecule has 2 heterocycles. The highest BCUT2D eigenvalue weighted by molar-refractivity contribution is 5.32. The lowest BCUT2D eigenvalue weighted by molar-refractivity contribution is 0.135. The van der Waals surface area contributed by atoms with E-state index in [4.69, 9.17) is 5.73 Å². The zero-order valence-corrected chi connectivity index (χ0v) is 12.1. The van der Waals surface area contributed by atoms with Gasteiger partial charge in [-0.05, 0) is 13.8 Å². The van der Waals surface area contributed by atoms with Crippen LogP contribution in [-0.2, 0) is 6.54 Å². The molecule has 0 amide bonds. The van der Waals surface area contributed by atoms with Crippen molar-refractivity contribution >= 4 is 11.9 Å². The van der Waals surface area contributed by atoms with Crippen molar-refractivity contribution in [1.82, 2.24) is 25.2 Å². The van der Waals surface area contributed by atoms with Gasteiger partial charge >= 0.3 is 0 Å². The average molecular weight is 265 g/mol. The van der Waals surface area contributed by atoms with E-state index in [0.29, 0.717) is 24.6 Å². The summed E-state index contributed by atoms with van der Waals surface area (Å²) >= 11 is 0. The standard InChI is InChI=1S/C12H23N7/c1-8-6-19(9(2)5-14-8)7-10-15-11(13)17-12(16-10)18(3)4/h8-9,14H,5-7H2,1-4H3,(H2,13,15,16,17). The van der Waals surface area contributed by atoms with Gasteiger partial charge in [0, 0.05) is 39.3 Å². The van der Waals surface area contributed by atoms with Crippen molar-refractivity contribution in [2.75, 3.05) is 37.8 Å². The maximum absolute atomic E-state index is 5.74. The van der Waals surface area contributed by atoms with Crippen LogP contribution in [0.25, 0.3) is 0 Å². The fourth-order valence-electron chi connectivity index (χ4n) is 2.19. The minimum Gasteiger partial charge on any atom is -0.368 e. The summed E-state index contributed by atoms with van der Waals surface area (Å²) < 4.78 is 0. The van der Waals surface area contributed by atoms with Crippen LogP contribution < -0.4 is 16.0 Å². The van der Waals surface area contributed by atoms with Crippen molar-refractivity contribution in [3.05, 3.63) is 5.82 Å². The van der Waals surface area contributed by atoms with Crippen LogP contribution >= 0.6 is 0 Å². The molecular weight excluding hydrogens is 242 g/mol. The molecular formula is C12H23N7. The van der Waals surface area contributed by atoms with Crippen LogP contribution in [0.4, 0.5) is 11.9 Å². The van der Waals surface area contributed by atoms with E-state index < -0.39 is 0 Å². The topological polar surface area (TPSA) is 83.2 Å². The molecule has 3 N–H and O–H groups in total. The van der Waals surface area contributed by atoms with Gasteiger partial charge < -0.3 is 16.0 Å². The van der Waals surface area contributed by atoms with Crippen molar-refractivity contribution in [3.63, 3.8) is 0 Å². The first-order valence-electron chi connectivity index (χ1n) is 6.61. The summed E-state index contributed by atoms with van der Waals surface area (Å²) in [6, 6.07) is 0.959. The van der Waals surface area contributed by atoms with Gasteiger partial charge in [0.25, 0.3) is 0 Å². The van der Waals surface area contributed by atoms with Crippen LogP contribution in [0.15, 0.2) is 0 Å². The lowest BCUT2D eigenvalue weighted by atomic mass is 10.1. The van der Waals surface area contributed by atoms with Gasteiger partial charge in [-0.1, -0.05) is 0 Å². The molecule has 2 unspecified atom stereocenters. The van der Waals surface area contributed by atoms with Gasteiger partial charge in [-0.2, -0.15) is 15.0 Å². The Morgan fingerprint density at radius 2 is 2.05 bits per heavy atom. The van der Waals surface area contributed by atoms with Gasteiger partial charge in [-0.3, -0.25) is 4.90 Å². The Kier molecular flexibility index (Phi) is 4.16. The molecule has 0 bridgehead atoms. The maximum atomic E-state index is 5.74. The molecule has 0 aliphatic carbocycles. The molecule has 19 heavy (non-hydrogen) atoms. The average Bonchev–Trinajstić information content (AvgIpc) is 2.33. The lowest BCUT2D eigenvalue weighted by Crippen LogP contribution is -2.53. The number of hydrogen-bond acceptors (Lipinski definition) is 7. The molecule has 2 rings (SSSR count). The van der Waals surface area contributed by atoms with Gasteiger partial charge in [-0.15, -0.1) is 0 Å². The minimum absolute atomic E-state index is 0.282. The lowest BCUT2D eigenvalue weighted by Gasteiger charge is -2.37. The second-order valence-electron chi connectivity index (χ2n) is 5.39. The second-order valence-corrected chi connectivity index (χ2v) is 5.39. The van der Waals surface area contributed by atoms with Crippen LogP contribution in [0.2, 0.25) is 0 Å². The Morgan fingerprint density at radius 3 is 2.74 bits per heavy atom. The van der Waals surface area contributed by atoms with Crippen molar-refractivity contribution in [2.24, 2.45) is 0 Å². The van der Waals surface area contributed by atoms with Crippen LogP contribution in [0.3, 0.4) is 0 Å². The fraction of sp³-hybridized carbons (Fsp3) is 0.750. The van der Waals surface area contributed by atoms with Gasteiger partial charge in [0.2, 0.25) is 11.9 Å². The van der Waals surface area contributed by atoms with Gasteiger partial charge in [0.15, 0.2) is 0 Å². The van der Waals surface area contributed by atoms with E-state index >= 15 is 0 Å². The normalized spacial score (nSPS) is 24.4. The van der Waals surface area contributed by atoms with E-state index in [0.717, 1.165) is 18.9 Å². The van der Waals surface area contributed by atoms with Crippen molar-refractivity contribution in [3.8, 4) is 0 Å². The van der Waals surface area contributed by atoms with Gasteiger partial charge in [0.1, 0.15) is 5.82 Å². The molecule has 0 radical (unpaired) electrons. The molecule has 0 aromatic carbocycles. The number of nitrogens with zero attached hydrogens (tertiary/aromatic N) is 5. The molecule has 106 valence electrons. The zero-order chi connectivity index (χ0) is 14.0. The summed E-state index contributed by atoms with van der Waals surface area (Å²) in [6.07, 6.45) is 0. The number of nitrogen functional groups attached to an aromatic ring is 1. The number of anilines is 2. The summed E-state index contributed by atoms with van der Waals surface area (Å²) in [7, 11) is 3.79. The Morgan fingerprint density at radius 1 is 1.32 bits per heavy atom. The first kappa shape index (κ1) is 14.0. The van der Waals surface area contributed by atoms with Crippen LogP contribution in [0, 0.1) is 0 Å². The van der Waals surface area contributed by atoms with E-state index in [1.807, 2.05) is 19.0 Å². The van der Waals surface area contributed by atoms with Crippen LogP contribution in [0.5, 0.6) is 0 Å². The number of piperazine rings is 1. The number of nitrogens with one attached hydrogen (secondary N) is 1. The highest BCUT2D eigenvalue weighted by Gasteiger charge is 2.23. The van der Waals surface area contributed by atoms with E-state index in [1.165, 1.54) is 0 Å². The van der Waals surface area contributed by atoms with Crippen LogP contribution in [-0.4, -0.2) is 59.1 Å². The largest absolute Gasteiger partial charge is 0.368 e. The summed E-state index contributed by atoms with van der Waals surface area (Å²) in [6.45, 7) is 7.08. The third-order valence-electron chi connectivity index (χ3n) is 3.33. The first-order chi connectivity index (χ1) is 8.95. The third kappa shape index (κ3) is 3.51. The molecule has 1 aliphatic heterocycles. The SMILES string of the molecule is CC1CN(Cc2nc(N)nc(N(C)C)n2)C(C)CN1. The second kappa shape index (κ2) is 5.66. The smallest absolute Gasteiger partial charge is 0.229 e. The maximum Gasteiger partial charge on any atom is 0.229 e. The molecule has 0 spiro atoms. The fourth-order valence-corrected chi connectivity index (χ4v) is 2.19. The highest BCUT2D eigenvalue weighted by Crippen LogP contribution is 2.12. The zero-order valence-electron chi connectivity index (χ0n) is 12.1. The van der Waals surface area contributed by atoms with Crippen molar-refractivity contribution in [2.45, 2.75) is 32.5 Å². The number of aromatic nitrogens is 3. The minimum atomic E-state index is 0.282. The summed E-state index contributed by atoms with van der Waals surface area (Å²) in [4.78, 5) is 17.0. The molecule has 2 atom stereocenters. The Hall–Kier alpha value is -1.47. The molecule has 1 aromatic heterocycles. The van der Waals surface area contributed by atoms with E-state index in [-0.39, 0.29) is 5.95 Å². The molecule has 7 nitrogen and oxygen atoms in total. The molecule has 1 aliphatic rings. The summed E-state index contributed by atoms with van der Waals surface area (Å²) in [5, 5.41) is 3.46. The number of hydrogen-bond donors (Lipinski definition) is 2. The predicted molar refractivity (Wildman–Crippen MR) is 75.9 cm³/mol. The van der Waals surface area contributed by atoms with Gasteiger partial charge in [0.05, 0.1) is 6.54 Å². The third-order valence-corrected chi connectivity index (χ3v) is 3.33. The summed E-state index contributed by atoms with van der Waals surface area (Å²) in [5.41, 5.74) is 5.74. The first-order valence-corrected chi connectivity index (χ1v) is 6.61. The van der Waals surface area contributed by atoms with Crippen LogP contribution in [0.1, 0.15) is 19.7 Å². The summed E-state index contributed by atoms with van der Waals surface area (Å²) in [5.74, 6) is 1.63. The molecule has 7 heteroatoms. The molecule has 1 fully saturated rings. The van der Waals surface area contributed by atoms with Crippen molar-refractivity contribution < 1.29 is 0 Å². The van der Waals surface area contributed by atoms with Crippen molar-refractivity contribution in [1.29, 1.82) is 0 Å². The molecule has 0 saturated carbocycles. The van der Waals surface area contributed by atoms with E-state index in [9.17, 15) is 0 Å². The highest BCUT2D eigenvalue weighted by atomic mass is 15.3. The quantitative estimate of drug-likeness (QED) is 0.776. The Bertz CT molecular complexity index is 434. The Labute approximate surface area is 114 Å². The predicted octanol–water partition coefficient (Wildman–Crippen LogP) is -0.298.